The Bertz CT molecular complexity index is 867. The molecular weight excluding hydrogens is 338 g/mol. The van der Waals surface area contributed by atoms with Crippen LogP contribution in [0.3, 0.4) is 0 Å². The Morgan fingerprint density at radius 3 is 2.44 bits per heavy atom. The van der Waals surface area contributed by atoms with Gasteiger partial charge in [-0.3, -0.25) is 20.4 Å². The maximum absolute atomic E-state index is 12.1. The van der Waals surface area contributed by atoms with Crippen LogP contribution in [0.5, 0.6) is 0 Å². The lowest BCUT2D eigenvalue weighted by Gasteiger charge is -2.05. The Morgan fingerprint density at radius 1 is 1.08 bits per heavy atom. The fourth-order valence-electron chi connectivity index (χ4n) is 2.17. The molecule has 7 heteroatoms. The third kappa shape index (κ3) is 3.95. The van der Waals surface area contributed by atoms with E-state index in [1.165, 1.54) is 29.2 Å². The van der Waals surface area contributed by atoms with Crippen molar-refractivity contribution < 1.29 is 14.0 Å². The molecule has 6 nitrogen and oxygen atoms in total. The van der Waals surface area contributed by atoms with Crippen molar-refractivity contribution in [2.75, 3.05) is 0 Å². The molecule has 0 aliphatic carbocycles. The van der Waals surface area contributed by atoms with Gasteiger partial charge in [0, 0.05) is 10.9 Å². The summed E-state index contributed by atoms with van der Waals surface area (Å²) >= 11 is 1.37. The predicted molar refractivity (Wildman–Crippen MR) is 95.3 cm³/mol. The van der Waals surface area contributed by atoms with E-state index in [-0.39, 0.29) is 11.5 Å². The van der Waals surface area contributed by atoms with Crippen molar-refractivity contribution in [1.82, 2.24) is 15.8 Å². The van der Waals surface area contributed by atoms with Crippen molar-refractivity contribution in [2.24, 2.45) is 0 Å². The Hall–Kier alpha value is -2.93. The molecule has 1 aromatic carbocycles. The standard InChI is InChI=1S/C18H17N3O3S/c1-11(2)12-5-7-13(8-6-12)18-19-14(10-25-18)16(22)20-21-17(23)15-4-3-9-24-15/h3-11H,1-2H3,(H,20,22)(H,21,23). The topological polar surface area (TPSA) is 84.2 Å². The van der Waals surface area contributed by atoms with Crippen LogP contribution in [0.1, 0.15) is 46.4 Å². The smallest absolute Gasteiger partial charge is 0.305 e. The minimum atomic E-state index is -0.530. The van der Waals surface area contributed by atoms with Crippen molar-refractivity contribution in [2.45, 2.75) is 19.8 Å². The average Bonchev–Trinajstić information content (AvgIpc) is 3.31. The molecule has 0 aliphatic heterocycles. The lowest BCUT2D eigenvalue weighted by atomic mass is 10.0. The van der Waals surface area contributed by atoms with Crippen molar-refractivity contribution in [1.29, 1.82) is 0 Å². The SMILES string of the molecule is CC(C)c1ccc(-c2nc(C(=O)NNC(=O)c3ccco3)cs2)cc1. The van der Waals surface area contributed by atoms with Gasteiger partial charge in [-0.15, -0.1) is 11.3 Å². The molecule has 25 heavy (non-hydrogen) atoms. The van der Waals surface area contributed by atoms with Gasteiger partial charge in [0.1, 0.15) is 10.7 Å². The fourth-order valence-corrected chi connectivity index (χ4v) is 2.97. The number of rotatable bonds is 4. The summed E-state index contributed by atoms with van der Waals surface area (Å²) in [6.07, 6.45) is 1.38. The Labute approximate surface area is 148 Å². The Morgan fingerprint density at radius 2 is 1.80 bits per heavy atom. The van der Waals surface area contributed by atoms with Gasteiger partial charge >= 0.3 is 5.91 Å². The number of thiazole rings is 1. The fraction of sp³-hybridized carbons (Fsp3) is 0.167. The van der Waals surface area contributed by atoms with E-state index in [1.54, 1.807) is 11.4 Å². The monoisotopic (exact) mass is 355 g/mol. The zero-order chi connectivity index (χ0) is 17.8. The van der Waals surface area contributed by atoms with Crippen LogP contribution in [-0.4, -0.2) is 16.8 Å². The minimum absolute atomic E-state index is 0.115. The highest BCUT2D eigenvalue weighted by Crippen LogP contribution is 2.25. The number of nitrogens with one attached hydrogen (secondary N) is 2. The second kappa shape index (κ2) is 7.31. The number of hydrogen-bond donors (Lipinski definition) is 2. The summed E-state index contributed by atoms with van der Waals surface area (Å²) in [6.45, 7) is 4.27. The molecule has 0 radical (unpaired) electrons. The number of benzene rings is 1. The molecule has 0 atom stereocenters. The lowest BCUT2D eigenvalue weighted by molar-refractivity contribution is 0.0829. The van der Waals surface area contributed by atoms with Gasteiger partial charge in [0.15, 0.2) is 5.76 Å². The summed E-state index contributed by atoms with van der Waals surface area (Å²) in [6, 6.07) is 11.2. The highest BCUT2D eigenvalue weighted by molar-refractivity contribution is 7.13. The highest BCUT2D eigenvalue weighted by atomic mass is 32.1. The van der Waals surface area contributed by atoms with E-state index < -0.39 is 11.8 Å². The third-order valence-electron chi connectivity index (χ3n) is 3.60. The van der Waals surface area contributed by atoms with Gasteiger partial charge in [0.25, 0.3) is 5.91 Å². The van der Waals surface area contributed by atoms with E-state index in [0.29, 0.717) is 5.92 Å². The molecule has 2 aromatic heterocycles. The van der Waals surface area contributed by atoms with Crippen LogP contribution in [0.15, 0.2) is 52.5 Å². The van der Waals surface area contributed by atoms with Gasteiger partial charge in [-0.25, -0.2) is 4.98 Å². The number of furan rings is 1. The molecule has 0 fully saturated rings. The minimum Gasteiger partial charge on any atom is -0.459 e. The van der Waals surface area contributed by atoms with E-state index in [1.807, 2.05) is 12.1 Å². The molecule has 2 heterocycles. The maximum Gasteiger partial charge on any atom is 0.305 e. The van der Waals surface area contributed by atoms with Gasteiger partial charge in [-0.2, -0.15) is 0 Å². The first kappa shape index (κ1) is 16.9. The zero-order valence-corrected chi connectivity index (χ0v) is 14.6. The summed E-state index contributed by atoms with van der Waals surface area (Å²) in [5, 5.41) is 2.40. The first-order valence-electron chi connectivity index (χ1n) is 7.74. The molecule has 128 valence electrons. The van der Waals surface area contributed by atoms with E-state index >= 15 is 0 Å². The summed E-state index contributed by atoms with van der Waals surface area (Å²) < 4.78 is 4.94. The van der Waals surface area contributed by atoms with Crippen LogP contribution < -0.4 is 10.9 Å². The van der Waals surface area contributed by atoms with E-state index in [4.69, 9.17) is 4.42 Å². The summed E-state index contributed by atoms with van der Waals surface area (Å²) in [5.74, 6) is -0.437. The van der Waals surface area contributed by atoms with Gasteiger partial charge in [-0.1, -0.05) is 38.1 Å². The number of aromatic nitrogens is 1. The van der Waals surface area contributed by atoms with E-state index in [9.17, 15) is 9.59 Å². The molecular formula is C18H17N3O3S. The van der Waals surface area contributed by atoms with Crippen LogP contribution in [0.25, 0.3) is 10.6 Å². The van der Waals surface area contributed by atoms with Crippen molar-refractivity contribution in [3.05, 3.63) is 65.1 Å². The number of hydrogen-bond acceptors (Lipinski definition) is 5. The zero-order valence-electron chi connectivity index (χ0n) is 13.8. The van der Waals surface area contributed by atoms with Crippen LogP contribution in [0.2, 0.25) is 0 Å². The van der Waals surface area contributed by atoms with Crippen LogP contribution in [0.4, 0.5) is 0 Å². The first-order valence-corrected chi connectivity index (χ1v) is 8.62. The van der Waals surface area contributed by atoms with Crippen LogP contribution >= 0.6 is 11.3 Å². The largest absolute Gasteiger partial charge is 0.459 e. The average molecular weight is 355 g/mol. The molecule has 0 saturated carbocycles. The molecule has 0 unspecified atom stereocenters. The quantitative estimate of drug-likeness (QED) is 0.700. The van der Waals surface area contributed by atoms with Gasteiger partial charge in [0.2, 0.25) is 0 Å². The van der Waals surface area contributed by atoms with Crippen molar-refractivity contribution in [3.63, 3.8) is 0 Å². The van der Waals surface area contributed by atoms with Crippen molar-refractivity contribution in [3.8, 4) is 10.6 Å². The van der Waals surface area contributed by atoms with Gasteiger partial charge in [-0.05, 0) is 23.6 Å². The van der Waals surface area contributed by atoms with Gasteiger partial charge < -0.3 is 4.42 Å². The molecule has 0 bridgehead atoms. The number of carbonyl (C=O) groups excluding carboxylic acids is 2. The molecule has 0 aliphatic rings. The second-order valence-corrected chi connectivity index (χ2v) is 6.56. The summed E-state index contributed by atoms with van der Waals surface area (Å²) in [7, 11) is 0. The Balaban J connectivity index is 1.64. The predicted octanol–water partition coefficient (Wildman–Crippen LogP) is 3.60. The molecule has 0 spiro atoms. The highest BCUT2D eigenvalue weighted by Gasteiger charge is 2.14. The van der Waals surface area contributed by atoms with Crippen LogP contribution in [0, 0.1) is 0 Å². The maximum atomic E-state index is 12.1. The molecule has 2 amide bonds. The normalized spacial score (nSPS) is 10.7. The number of amides is 2. The van der Waals surface area contributed by atoms with Crippen LogP contribution in [-0.2, 0) is 0 Å². The van der Waals surface area contributed by atoms with E-state index in [0.717, 1.165) is 10.6 Å². The van der Waals surface area contributed by atoms with E-state index in [2.05, 4.69) is 41.8 Å². The summed E-state index contributed by atoms with van der Waals surface area (Å²) in [4.78, 5) is 28.1. The van der Waals surface area contributed by atoms with Gasteiger partial charge in [0.05, 0.1) is 6.26 Å². The summed E-state index contributed by atoms with van der Waals surface area (Å²) in [5.41, 5.74) is 7.05. The third-order valence-corrected chi connectivity index (χ3v) is 4.49. The number of carbonyl (C=O) groups is 2. The first-order chi connectivity index (χ1) is 12.0. The molecule has 3 rings (SSSR count). The van der Waals surface area contributed by atoms with Crippen molar-refractivity contribution >= 4 is 23.2 Å². The molecule has 3 aromatic rings. The Kier molecular flexibility index (Phi) is 4.95. The molecule has 0 saturated heterocycles. The number of nitrogens with zero attached hydrogens (tertiary/aromatic N) is 1. The lowest BCUT2D eigenvalue weighted by Crippen LogP contribution is -2.41. The molecule has 2 N–H and O–H groups in total. The number of hydrazine groups is 1. The second-order valence-electron chi connectivity index (χ2n) is 5.70.